The van der Waals surface area contributed by atoms with Gasteiger partial charge in [0.2, 0.25) is 0 Å². The van der Waals surface area contributed by atoms with Crippen LogP contribution >= 0.6 is 23.8 Å². The van der Waals surface area contributed by atoms with Gasteiger partial charge >= 0.3 is 0 Å². The lowest BCUT2D eigenvalue weighted by atomic mass is 10.2. The maximum atomic E-state index is 10.8. The summed E-state index contributed by atoms with van der Waals surface area (Å²) in [5.74, 6) is 0. The smallest absolute Gasteiger partial charge is 0.288 e. The summed E-state index contributed by atoms with van der Waals surface area (Å²) in [5.41, 5.74) is 4.95. The Bertz CT molecular complexity index is 780. The van der Waals surface area contributed by atoms with Crippen molar-refractivity contribution in [3.05, 3.63) is 68.7 Å². The quantitative estimate of drug-likeness (QED) is 0.379. The van der Waals surface area contributed by atoms with E-state index < -0.39 is 4.92 Å². The fourth-order valence-electron chi connectivity index (χ4n) is 1.78. The molecule has 2 rings (SSSR count). The van der Waals surface area contributed by atoms with Crippen molar-refractivity contribution in [3.8, 4) is 0 Å². The van der Waals surface area contributed by atoms with E-state index in [-0.39, 0.29) is 10.7 Å². The monoisotopic (exact) mass is 348 g/mol. The molecule has 0 saturated carbocycles. The molecule has 0 fully saturated rings. The van der Waals surface area contributed by atoms with Crippen LogP contribution in [0.25, 0.3) is 0 Å². The second-order valence-corrected chi connectivity index (χ2v) is 5.42. The molecule has 2 N–H and O–H groups in total. The number of aryl methyl sites for hydroxylation is 1. The van der Waals surface area contributed by atoms with Gasteiger partial charge in [-0.05, 0) is 36.8 Å². The molecule has 2 aromatic rings. The Hall–Kier alpha value is -2.51. The number of nitrogens with one attached hydrogen (secondary N) is 2. The zero-order valence-corrected chi connectivity index (χ0v) is 13.7. The van der Waals surface area contributed by atoms with E-state index in [0.29, 0.717) is 10.7 Å². The number of nitro benzene ring substituents is 1. The maximum absolute atomic E-state index is 10.8. The molecule has 0 saturated heterocycles. The fourth-order valence-corrected chi connectivity index (χ4v) is 2.13. The zero-order valence-electron chi connectivity index (χ0n) is 12.1. The van der Waals surface area contributed by atoms with Crippen molar-refractivity contribution in [2.75, 3.05) is 5.32 Å². The first-order valence-electron chi connectivity index (χ1n) is 6.57. The van der Waals surface area contributed by atoms with E-state index in [9.17, 15) is 10.1 Å². The summed E-state index contributed by atoms with van der Waals surface area (Å²) in [4.78, 5) is 10.3. The van der Waals surface area contributed by atoms with Crippen LogP contribution in [0.5, 0.6) is 0 Å². The summed E-state index contributed by atoms with van der Waals surface area (Å²) in [6.45, 7) is 1.96. The van der Waals surface area contributed by atoms with Crippen LogP contribution in [0.1, 0.15) is 11.1 Å². The van der Waals surface area contributed by atoms with Crippen LogP contribution in [-0.4, -0.2) is 16.3 Å². The molecule has 0 bridgehead atoms. The summed E-state index contributed by atoms with van der Waals surface area (Å²) in [7, 11) is 0. The minimum atomic E-state index is -0.544. The molecule has 0 atom stereocenters. The van der Waals surface area contributed by atoms with E-state index in [1.54, 1.807) is 6.07 Å². The Morgan fingerprint density at radius 1 is 1.35 bits per heavy atom. The Morgan fingerprint density at radius 3 is 2.78 bits per heavy atom. The van der Waals surface area contributed by atoms with Crippen LogP contribution in [0, 0.1) is 17.0 Å². The number of para-hydroxylation sites is 1. The summed E-state index contributed by atoms with van der Waals surface area (Å²) < 4.78 is 0. The molecule has 0 aromatic heterocycles. The molecular formula is C15H13ClN4O2S. The van der Waals surface area contributed by atoms with Crippen LogP contribution < -0.4 is 10.7 Å². The van der Waals surface area contributed by atoms with Crippen molar-refractivity contribution in [2.24, 2.45) is 5.10 Å². The van der Waals surface area contributed by atoms with Gasteiger partial charge in [0.1, 0.15) is 5.02 Å². The molecule has 0 amide bonds. The normalized spacial score (nSPS) is 10.5. The Kier molecular flexibility index (Phi) is 5.61. The molecule has 0 aliphatic heterocycles. The number of nitrogens with zero attached hydrogens (tertiary/aromatic N) is 2. The number of nitro groups is 1. The average Bonchev–Trinajstić information content (AvgIpc) is 2.51. The molecule has 0 aliphatic rings. The van der Waals surface area contributed by atoms with Crippen molar-refractivity contribution in [3.63, 3.8) is 0 Å². The predicted molar refractivity (Wildman–Crippen MR) is 96.2 cm³/mol. The lowest BCUT2D eigenvalue weighted by Gasteiger charge is -2.09. The predicted octanol–water partition coefficient (Wildman–Crippen LogP) is 3.88. The van der Waals surface area contributed by atoms with E-state index in [2.05, 4.69) is 15.8 Å². The van der Waals surface area contributed by atoms with Gasteiger partial charge in [0.05, 0.1) is 11.1 Å². The standard InChI is InChI=1S/C15H13ClN4O2S/c1-10-4-2-3-5-13(10)18-15(23)19-17-9-11-6-7-12(16)14(8-11)20(21)22/h2-9H,1H3,(H2,18,19,23)/b17-9-. The molecule has 118 valence electrons. The van der Waals surface area contributed by atoms with Gasteiger partial charge in [-0.3, -0.25) is 15.5 Å². The summed E-state index contributed by atoms with van der Waals surface area (Å²) in [6.07, 6.45) is 1.43. The number of hydrazone groups is 1. The van der Waals surface area contributed by atoms with Crippen LogP contribution in [-0.2, 0) is 0 Å². The SMILES string of the molecule is Cc1ccccc1NC(=S)N/N=C\c1ccc(Cl)c([N+](=O)[O-])c1. The molecule has 0 heterocycles. The molecule has 6 nitrogen and oxygen atoms in total. The van der Waals surface area contributed by atoms with Crippen molar-refractivity contribution < 1.29 is 4.92 Å². The van der Waals surface area contributed by atoms with Crippen molar-refractivity contribution in [2.45, 2.75) is 6.92 Å². The summed E-state index contributed by atoms with van der Waals surface area (Å²) in [6, 6.07) is 12.1. The van der Waals surface area contributed by atoms with Gasteiger partial charge in [-0.2, -0.15) is 5.10 Å². The van der Waals surface area contributed by atoms with Crippen LogP contribution in [0.15, 0.2) is 47.6 Å². The van der Waals surface area contributed by atoms with Gasteiger partial charge in [-0.25, -0.2) is 0 Å². The number of benzene rings is 2. The minimum Gasteiger partial charge on any atom is -0.331 e. The number of hydrogen-bond donors (Lipinski definition) is 2. The van der Waals surface area contributed by atoms with Crippen LogP contribution in [0.2, 0.25) is 5.02 Å². The molecule has 23 heavy (non-hydrogen) atoms. The maximum Gasteiger partial charge on any atom is 0.288 e. The highest BCUT2D eigenvalue weighted by molar-refractivity contribution is 7.80. The second-order valence-electron chi connectivity index (χ2n) is 4.61. The topological polar surface area (TPSA) is 79.6 Å². The van der Waals surface area contributed by atoms with Crippen molar-refractivity contribution >= 4 is 46.5 Å². The van der Waals surface area contributed by atoms with Gasteiger partial charge in [0.25, 0.3) is 5.69 Å². The van der Waals surface area contributed by atoms with Gasteiger partial charge in [-0.1, -0.05) is 35.9 Å². The fraction of sp³-hybridized carbons (Fsp3) is 0.0667. The third-order valence-electron chi connectivity index (χ3n) is 2.94. The third kappa shape index (κ3) is 4.73. The van der Waals surface area contributed by atoms with Gasteiger partial charge in [-0.15, -0.1) is 0 Å². The van der Waals surface area contributed by atoms with E-state index in [0.717, 1.165) is 11.3 Å². The number of hydrogen-bond acceptors (Lipinski definition) is 4. The Labute approximate surface area is 143 Å². The first-order valence-corrected chi connectivity index (χ1v) is 7.35. The van der Waals surface area contributed by atoms with E-state index in [4.69, 9.17) is 23.8 Å². The molecular weight excluding hydrogens is 336 g/mol. The first-order chi connectivity index (χ1) is 11.0. The van der Waals surface area contributed by atoms with Gasteiger partial charge in [0.15, 0.2) is 5.11 Å². The molecule has 8 heteroatoms. The number of anilines is 1. The van der Waals surface area contributed by atoms with E-state index >= 15 is 0 Å². The van der Waals surface area contributed by atoms with E-state index in [1.165, 1.54) is 18.3 Å². The minimum absolute atomic E-state index is 0.0804. The zero-order chi connectivity index (χ0) is 16.8. The number of halogens is 1. The molecule has 0 radical (unpaired) electrons. The van der Waals surface area contributed by atoms with E-state index in [1.807, 2.05) is 31.2 Å². The second kappa shape index (κ2) is 7.66. The van der Waals surface area contributed by atoms with Gasteiger partial charge < -0.3 is 5.32 Å². The summed E-state index contributed by atoms with van der Waals surface area (Å²) in [5, 5.41) is 18.2. The van der Waals surface area contributed by atoms with Gasteiger partial charge in [0, 0.05) is 17.3 Å². The van der Waals surface area contributed by atoms with Crippen LogP contribution in [0.3, 0.4) is 0 Å². The summed E-state index contributed by atoms with van der Waals surface area (Å²) >= 11 is 10.9. The first kappa shape index (κ1) is 16.9. The number of rotatable bonds is 4. The third-order valence-corrected chi connectivity index (χ3v) is 3.45. The average molecular weight is 349 g/mol. The highest BCUT2D eigenvalue weighted by Gasteiger charge is 2.11. The lowest BCUT2D eigenvalue weighted by molar-refractivity contribution is -0.384. The Morgan fingerprint density at radius 2 is 2.09 bits per heavy atom. The molecule has 0 unspecified atom stereocenters. The largest absolute Gasteiger partial charge is 0.331 e. The highest BCUT2D eigenvalue weighted by Crippen LogP contribution is 2.24. The lowest BCUT2D eigenvalue weighted by Crippen LogP contribution is -2.24. The Balaban J connectivity index is 1.99. The van der Waals surface area contributed by atoms with Crippen molar-refractivity contribution in [1.82, 2.24) is 5.43 Å². The molecule has 0 aliphatic carbocycles. The van der Waals surface area contributed by atoms with Crippen LogP contribution in [0.4, 0.5) is 11.4 Å². The number of thiocarbonyl (C=S) groups is 1. The molecule has 2 aromatic carbocycles. The van der Waals surface area contributed by atoms with Crippen molar-refractivity contribution in [1.29, 1.82) is 0 Å². The molecule has 0 spiro atoms. The highest BCUT2D eigenvalue weighted by atomic mass is 35.5.